The van der Waals surface area contributed by atoms with Crippen molar-refractivity contribution in [2.75, 3.05) is 0 Å². The molecule has 168 valence electrons. The number of aromatic nitrogens is 5. The fraction of sp³-hybridized carbons (Fsp3) is 0.391. The third-order valence-corrected chi connectivity index (χ3v) is 5.58. The molecule has 0 saturated carbocycles. The van der Waals surface area contributed by atoms with Crippen molar-refractivity contribution in [3.05, 3.63) is 72.7 Å². The Morgan fingerprint density at radius 1 is 1.03 bits per heavy atom. The van der Waals surface area contributed by atoms with E-state index in [1.807, 2.05) is 51.1 Å². The fourth-order valence-corrected chi connectivity index (χ4v) is 4.07. The molecule has 32 heavy (non-hydrogen) atoms. The highest BCUT2D eigenvalue weighted by Crippen LogP contribution is 2.22. The van der Waals surface area contributed by atoms with Crippen LogP contribution in [0, 0.1) is 5.92 Å². The van der Waals surface area contributed by atoms with Gasteiger partial charge in [0.1, 0.15) is 0 Å². The summed E-state index contributed by atoms with van der Waals surface area (Å²) >= 11 is 0. The largest absolute Gasteiger partial charge is 0.494 e. The fourth-order valence-electron chi connectivity index (χ4n) is 4.07. The molecule has 3 aromatic heterocycles. The van der Waals surface area contributed by atoms with Gasteiger partial charge >= 0.3 is 5.69 Å². The highest BCUT2D eigenvalue weighted by Gasteiger charge is 2.24. The Morgan fingerprint density at radius 2 is 1.72 bits per heavy atom. The van der Waals surface area contributed by atoms with E-state index in [1.165, 1.54) is 20.6 Å². The highest BCUT2D eigenvalue weighted by molar-refractivity contribution is 5.75. The summed E-state index contributed by atoms with van der Waals surface area (Å²) in [5.41, 5.74) is -0.244. The first kappa shape index (κ1) is 21.6. The van der Waals surface area contributed by atoms with E-state index in [-0.39, 0.29) is 40.8 Å². The molecule has 9 nitrogen and oxygen atoms in total. The van der Waals surface area contributed by atoms with Gasteiger partial charge in [-0.1, -0.05) is 57.5 Å². The number of imidazole rings is 1. The van der Waals surface area contributed by atoms with Gasteiger partial charge in [-0.3, -0.25) is 23.3 Å². The summed E-state index contributed by atoms with van der Waals surface area (Å²) in [6.07, 6.45) is 0.989. The topological polar surface area (TPSA) is 104 Å². The Kier molecular flexibility index (Phi) is 5.50. The van der Waals surface area contributed by atoms with Crippen molar-refractivity contribution in [1.29, 1.82) is 0 Å². The van der Waals surface area contributed by atoms with Gasteiger partial charge in [0.2, 0.25) is 11.7 Å². The molecule has 0 fully saturated rings. The maximum atomic E-state index is 13.4. The molecule has 9 heteroatoms. The van der Waals surface area contributed by atoms with Gasteiger partial charge in [0.05, 0.1) is 12.1 Å². The van der Waals surface area contributed by atoms with Crippen LogP contribution in [0.15, 0.2) is 44.7 Å². The van der Waals surface area contributed by atoms with E-state index >= 15 is 0 Å². The minimum absolute atomic E-state index is 0.0481. The average molecular weight is 438 g/mol. The number of hydrogen-bond donors (Lipinski definition) is 1. The molecule has 0 amide bonds. The Labute approximate surface area is 183 Å². The molecule has 1 N–H and O–H groups in total. The van der Waals surface area contributed by atoms with Gasteiger partial charge in [-0.05, 0) is 17.9 Å². The van der Waals surface area contributed by atoms with Gasteiger partial charge in [0, 0.05) is 13.6 Å². The second-order valence-electron chi connectivity index (χ2n) is 8.50. The number of hydrogen-bond acceptors (Lipinski definition) is 5. The van der Waals surface area contributed by atoms with Crippen molar-refractivity contribution in [2.45, 2.75) is 46.7 Å². The second kappa shape index (κ2) is 8.14. The SMILES string of the molecule is CCCc1c(O)n(Cc2ccccc2)c2nc3c(c(=O)n(C)c(=O)n3CC(C)C)n2c1=O. The van der Waals surface area contributed by atoms with Gasteiger partial charge in [-0.25, -0.2) is 9.20 Å². The standard InChI is InChI=1S/C23H27N5O4/c1-5-9-16-19(29)27(13-15-10-7-6-8-11-15)22-24-18-17(28(22)20(16)30)21(31)25(4)23(32)26(18)12-14(2)3/h6-8,10-11,14,29H,5,9,12-13H2,1-4H3. The van der Waals surface area contributed by atoms with E-state index in [4.69, 9.17) is 0 Å². The Hall–Kier alpha value is -3.62. The first-order chi connectivity index (χ1) is 15.3. The van der Waals surface area contributed by atoms with Crippen LogP contribution < -0.4 is 16.8 Å². The molecule has 0 unspecified atom stereocenters. The van der Waals surface area contributed by atoms with Crippen LogP contribution in [0.4, 0.5) is 0 Å². The van der Waals surface area contributed by atoms with Crippen LogP contribution in [-0.4, -0.2) is 28.2 Å². The molecule has 0 saturated heterocycles. The molecule has 4 rings (SSSR count). The average Bonchev–Trinajstić information content (AvgIpc) is 3.17. The van der Waals surface area contributed by atoms with E-state index in [1.54, 1.807) is 0 Å². The lowest BCUT2D eigenvalue weighted by Gasteiger charge is -2.14. The lowest BCUT2D eigenvalue weighted by atomic mass is 10.1. The summed E-state index contributed by atoms with van der Waals surface area (Å²) < 4.78 is 5.22. The van der Waals surface area contributed by atoms with Crippen LogP contribution in [0.2, 0.25) is 0 Å². The number of fused-ring (bicyclic) bond motifs is 3. The Balaban J connectivity index is 2.20. The Bertz CT molecular complexity index is 1490. The molecule has 0 aliphatic carbocycles. The molecule has 0 aliphatic heterocycles. The predicted molar refractivity (Wildman–Crippen MR) is 123 cm³/mol. The third kappa shape index (κ3) is 3.34. The molecular weight excluding hydrogens is 410 g/mol. The summed E-state index contributed by atoms with van der Waals surface area (Å²) in [6, 6.07) is 9.48. The molecule has 4 aromatic rings. The third-order valence-electron chi connectivity index (χ3n) is 5.58. The monoisotopic (exact) mass is 437 g/mol. The lowest BCUT2D eigenvalue weighted by Crippen LogP contribution is -2.39. The van der Waals surface area contributed by atoms with Crippen LogP contribution in [0.1, 0.15) is 38.3 Å². The smallest absolute Gasteiger partial charge is 0.332 e. The van der Waals surface area contributed by atoms with E-state index in [9.17, 15) is 19.5 Å². The molecule has 0 spiro atoms. The summed E-state index contributed by atoms with van der Waals surface area (Å²) in [5, 5.41) is 11.0. The van der Waals surface area contributed by atoms with Gasteiger partial charge < -0.3 is 5.11 Å². The zero-order valence-corrected chi connectivity index (χ0v) is 18.7. The lowest BCUT2D eigenvalue weighted by molar-refractivity contribution is 0.411. The van der Waals surface area contributed by atoms with Gasteiger partial charge in [-0.2, -0.15) is 4.98 Å². The number of rotatable bonds is 6. The van der Waals surface area contributed by atoms with Crippen molar-refractivity contribution in [2.24, 2.45) is 13.0 Å². The van der Waals surface area contributed by atoms with E-state index in [0.717, 1.165) is 10.1 Å². The summed E-state index contributed by atoms with van der Waals surface area (Å²) in [4.78, 5) is 44.0. The summed E-state index contributed by atoms with van der Waals surface area (Å²) in [6.45, 7) is 6.42. The van der Waals surface area contributed by atoms with E-state index in [2.05, 4.69) is 4.98 Å². The number of aromatic hydroxyl groups is 1. The first-order valence-corrected chi connectivity index (χ1v) is 10.8. The van der Waals surface area contributed by atoms with Crippen LogP contribution in [0.25, 0.3) is 16.9 Å². The van der Waals surface area contributed by atoms with Crippen molar-refractivity contribution in [1.82, 2.24) is 23.1 Å². The molecule has 0 bridgehead atoms. The minimum Gasteiger partial charge on any atom is -0.494 e. The van der Waals surface area contributed by atoms with Crippen LogP contribution in [0.3, 0.4) is 0 Å². The molecular formula is C23H27N5O4. The molecule has 0 aliphatic rings. The van der Waals surface area contributed by atoms with Crippen molar-refractivity contribution in [3.63, 3.8) is 0 Å². The number of nitrogens with zero attached hydrogens (tertiary/aromatic N) is 5. The van der Waals surface area contributed by atoms with Crippen LogP contribution in [-0.2, 0) is 26.6 Å². The maximum absolute atomic E-state index is 13.4. The van der Waals surface area contributed by atoms with Crippen molar-refractivity contribution in [3.8, 4) is 5.88 Å². The van der Waals surface area contributed by atoms with Crippen LogP contribution >= 0.6 is 0 Å². The van der Waals surface area contributed by atoms with Gasteiger partial charge in [0.15, 0.2) is 11.2 Å². The Morgan fingerprint density at radius 3 is 2.34 bits per heavy atom. The molecule has 1 aromatic carbocycles. The molecule has 0 atom stereocenters. The summed E-state index contributed by atoms with van der Waals surface area (Å²) in [5.74, 6) is 0.0786. The predicted octanol–water partition coefficient (Wildman–Crippen LogP) is 1.87. The minimum atomic E-state index is -0.589. The van der Waals surface area contributed by atoms with Crippen LogP contribution in [0.5, 0.6) is 5.88 Å². The normalized spacial score (nSPS) is 11.8. The number of benzene rings is 1. The van der Waals surface area contributed by atoms with Crippen molar-refractivity contribution >= 4 is 16.9 Å². The first-order valence-electron chi connectivity index (χ1n) is 10.8. The van der Waals surface area contributed by atoms with Gasteiger partial charge in [-0.15, -0.1) is 0 Å². The van der Waals surface area contributed by atoms with E-state index < -0.39 is 16.8 Å². The molecule has 0 radical (unpaired) electrons. The van der Waals surface area contributed by atoms with E-state index in [0.29, 0.717) is 19.4 Å². The maximum Gasteiger partial charge on any atom is 0.332 e. The quantitative estimate of drug-likeness (QED) is 0.496. The molecule has 3 heterocycles. The zero-order valence-electron chi connectivity index (χ0n) is 18.7. The van der Waals surface area contributed by atoms with Gasteiger partial charge in [0.25, 0.3) is 11.1 Å². The second-order valence-corrected chi connectivity index (χ2v) is 8.50. The zero-order chi connectivity index (χ0) is 23.2. The highest BCUT2D eigenvalue weighted by atomic mass is 16.3. The van der Waals surface area contributed by atoms with Crippen molar-refractivity contribution < 1.29 is 5.11 Å². The summed E-state index contributed by atoms with van der Waals surface area (Å²) in [7, 11) is 1.40.